The molecular formula is C19H19N3O3S. The zero-order valence-electron chi connectivity index (χ0n) is 15.0. The average Bonchev–Trinajstić information content (AvgIpc) is 3.11. The minimum Gasteiger partial charge on any atom is -0.493 e. The molecule has 1 amide bonds. The van der Waals surface area contributed by atoms with Gasteiger partial charge in [-0.2, -0.15) is 0 Å². The maximum atomic E-state index is 12.4. The Bertz CT molecular complexity index is 953. The van der Waals surface area contributed by atoms with E-state index in [1.807, 2.05) is 44.2 Å². The van der Waals surface area contributed by atoms with Gasteiger partial charge in [0.25, 0.3) is 5.91 Å². The van der Waals surface area contributed by atoms with Crippen molar-refractivity contribution >= 4 is 22.4 Å². The number of anilines is 1. The Morgan fingerprint density at radius 1 is 0.962 bits per heavy atom. The summed E-state index contributed by atoms with van der Waals surface area (Å²) >= 11 is 1.30. The molecule has 0 bridgehead atoms. The molecule has 0 fully saturated rings. The minimum absolute atomic E-state index is 0.205. The SMILES string of the molecule is COc1ccc(-c2nnc(NC(=O)c3ccc(C)c(C)c3)s2)cc1OC. The van der Waals surface area contributed by atoms with E-state index in [2.05, 4.69) is 15.5 Å². The van der Waals surface area contributed by atoms with Gasteiger partial charge in [0.2, 0.25) is 5.13 Å². The first kappa shape index (κ1) is 17.9. The van der Waals surface area contributed by atoms with Crippen molar-refractivity contribution in [3.8, 4) is 22.1 Å². The van der Waals surface area contributed by atoms with E-state index in [0.29, 0.717) is 27.2 Å². The Morgan fingerprint density at radius 3 is 2.42 bits per heavy atom. The van der Waals surface area contributed by atoms with Gasteiger partial charge in [-0.25, -0.2) is 0 Å². The normalized spacial score (nSPS) is 10.5. The number of rotatable bonds is 5. The molecule has 1 aromatic heterocycles. The molecule has 26 heavy (non-hydrogen) atoms. The summed E-state index contributed by atoms with van der Waals surface area (Å²) in [7, 11) is 3.17. The molecule has 1 N–H and O–H groups in total. The molecule has 0 spiro atoms. The average molecular weight is 369 g/mol. The van der Waals surface area contributed by atoms with E-state index in [1.54, 1.807) is 20.3 Å². The van der Waals surface area contributed by atoms with E-state index in [-0.39, 0.29) is 5.91 Å². The second kappa shape index (κ2) is 7.53. The predicted molar refractivity (Wildman–Crippen MR) is 102 cm³/mol. The largest absolute Gasteiger partial charge is 0.493 e. The third-order valence-corrected chi connectivity index (χ3v) is 4.93. The molecule has 0 radical (unpaired) electrons. The Kier molecular flexibility index (Phi) is 5.18. The maximum absolute atomic E-state index is 12.4. The number of ether oxygens (including phenoxy) is 2. The van der Waals surface area contributed by atoms with E-state index in [4.69, 9.17) is 9.47 Å². The third kappa shape index (κ3) is 3.67. The number of hydrogen-bond donors (Lipinski definition) is 1. The van der Waals surface area contributed by atoms with Gasteiger partial charge < -0.3 is 9.47 Å². The Labute approximate surface area is 155 Å². The number of amides is 1. The number of carbonyl (C=O) groups is 1. The molecule has 7 heteroatoms. The van der Waals surface area contributed by atoms with E-state index >= 15 is 0 Å². The standard InChI is InChI=1S/C19H19N3O3S/c1-11-5-6-13(9-12(11)2)17(23)20-19-22-21-18(26-19)14-7-8-15(24-3)16(10-14)25-4/h5-10H,1-4H3,(H,20,22,23). The number of carbonyl (C=O) groups excluding carboxylic acids is 1. The molecule has 3 aromatic rings. The minimum atomic E-state index is -0.205. The van der Waals surface area contributed by atoms with Crippen molar-refractivity contribution in [2.24, 2.45) is 0 Å². The van der Waals surface area contributed by atoms with Crippen LogP contribution in [0, 0.1) is 13.8 Å². The molecule has 0 aliphatic carbocycles. The fourth-order valence-corrected chi connectivity index (χ4v) is 3.15. The van der Waals surface area contributed by atoms with Gasteiger partial charge in [0.05, 0.1) is 14.2 Å². The summed E-state index contributed by atoms with van der Waals surface area (Å²) in [6.07, 6.45) is 0. The number of methoxy groups -OCH3 is 2. The molecule has 1 heterocycles. The second-order valence-corrected chi connectivity index (χ2v) is 6.71. The van der Waals surface area contributed by atoms with Gasteiger partial charge in [-0.1, -0.05) is 17.4 Å². The van der Waals surface area contributed by atoms with Crippen LogP contribution in [-0.4, -0.2) is 30.3 Å². The van der Waals surface area contributed by atoms with E-state index < -0.39 is 0 Å². The molecule has 0 aliphatic rings. The first-order chi connectivity index (χ1) is 12.5. The van der Waals surface area contributed by atoms with Crippen LogP contribution in [0.4, 0.5) is 5.13 Å². The second-order valence-electron chi connectivity index (χ2n) is 5.74. The van der Waals surface area contributed by atoms with Crippen LogP contribution in [0.25, 0.3) is 10.6 Å². The lowest BCUT2D eigenvalue weighted by atomic mass is 10.1. The number of benzene rings is 2. The Hall–Kier alpha value is -2.93. The number of aromatic nitrogens is 2. The van der Waals surface area contributed by atoms with E-state index in [1.165, 1.54) is 11.3 Å². The predicted octanol–water partition coefficient (Wildman–Crippen LogP) is 4.09. The highest BCUT2D eigenvalue weighted by molar-refractivity contribution is 7.18. The van der Waals surface area contributed by atoms with Gasteiger partial charge in [0.15, 0.2) is 11.5 Å². The monoisotopic (exact) mass is 369 g/mol. The first-order valence-electron chi connectivity index (χ1n) is 7.96. The highest BCUT2D eigenvalue weighted by Crippen LogP contribution is 2.34. The number of aryl methyl sites for hydroxylation is 2. The van der Waals surface area contributed by atoms with Crippen LogP contribution in [0.1, 0.15) is 21.5 Å². The van der Waals surface area contributed by atoms with Crippen molar-refractivity contribution in [1.82, 2.24) is 10.2 Å². The zero-order chi connectivity index (χ0) is 18.7. The Balaban J connectivity index is 1.79. The molecule has 0 unspecified atom stereocenters. The van der Waals surface area contributed by atoms with Gasteiger partial charge in [-0.05, 0) is 55.3 Å². The molecule has 2 aromatic carbocycles. The van der Waals surface area contributed by atoms with Crippen molar-refractivity contribution in [3.05, 3.63) is 53.1 Å². The Morgan fingerprint density at radius 2 is 1.73 bits per heavy atom. The van der Waals surface area contributed by atoms with Crippen LogP contribution in [-0.2, 0) is 0 Å². The molecule has 0 saturated heterocycles. The summed E-state index contributed by atoms with van der Waals surface area (Å²) in [4.78, 5) is 12.4. The summed E-state index contributed by atoms with van der Waals surface area (Å²) in [5.74, 6) is 1.05. The van der Waals surface area contributed by atoms with Crippen molar-refractivity contribution < 1.29 is 14.3 Å². The van der Waals surface area contributed by atoms with Crippen molar-refractivity contribution in [3.63, 3.8) is 0 Å². The highest BCUT2D eigenvalue weighted by Gasteiger charge is 2.13. The molecule has 0 saturated carbocycles. The van der Waals surface area contributed by atoms with Crippen molar-refractivity contribution in [2.45, 2.75) is 13.8 Å². The summed E-state index contributed by atoms with van der Waals surface area (Å²) in [5.41, 5.74) is 3.65. The topological polar surface area (TPSA) is 73.3 Å². The summed E-state index contributed by atoms with van der Waals surface area (Å²) in [5, 5.41) is 12.1. The number of nitrogens with one attached hydrogen (secondary N) is 1. The molecule has 3 rings (SSSR count). The molecule has 6 nitrogen and oxygen atoms in total. The van der Waals surface area contributed by atoms with Gasteiger partial charge >= 0.3 is 0 Å². The van der Waals surface area contributed by atoms with Gasteiger partial charge in [0.1, 0.15) is 5.01 Å². The third-order valence-electron chi connectivity index (χ3n) is 4.05. The van der Waals surface area contributed by atoms with Gasteiger partial charge in [0, 0.05) is 11.1 Å². The molecule has 0 aliphatic heterocycles. The van der Waals surface area contributed by atoms with Crippen molar-refractivity contribution in [2.75, 3.05) is 19.5 Å². The lowest BCUT2D eigenvalue weighted by molar-refractivity contribution is 0.102. The zero-order valence-corrected chi connectivity index (χ0v) is 15.8. The van der Waals surface area contributed by atoms with Crippen LogP contribution < -0.4 is 14.8 Å². The fourth-order valence-electron chi connectivity index (χ4n) is 2.41. The lowest BCUT2D eigenvalue weighted by Crippen LogP contribution is -2.12. The van der Waals surface area contributed by atoms with E-state index in [9.17, 15) is 4.79 Å². The molecule has 134 valence electrons. The first-order valence-corrected chi connectivity index (χ1v) is 8.78. The lowest BCUT2D eigenvalue weighted by Gasteiger charge is -2.07. The fraction of sp³-hybridized carbons (Fsp3) is 0.211. The summed E-state index contributed by atoms with van der Waals surface area (Å²) < 4.78 is 10.5. The highest BCUT2D eigenvalue weighted by atomic mass is 32.1. The summed E-state index contributed by atoms with van der Waals surface area (Å²) in [6.45, 7) is 3.99. The van der Waals surface area contributed by atoms with Crippen LogP contribution in [0.2, 0.25) is 0 Å². The van der Waals surface area contributed by atoms with Gasteiger partial charge in [-0.15, -0.1) is 10.2 Å². The summed E-state index contributed by atoms with van der Waals surface area (Å²) in [6, 6.07) is 11.1. The van der Waals surface area contributed by atoms with Crippen LogP contribution in [0.5, 0.6) is 11.5 Å². The number of hydrogen-bond acceptors (Lipinski definition) is 6. The van der Waals surface area contributed by atoms with Gasteiger partial charge in [-0.3, -0.25) is 10.1 Å². The van der Waals surface area contributed by atoms with Crippen LogP contribution >= 0.6 is 11.3 Å². The molecule has 0 atom stereocenters. The quantitative estimate of drug-likeness (QED) is 0.733. The molecular weight excluding hydrogens is 350 g/mol. The van der Waals surface area contributed by atoms with Crippen LogP contribution in [0.3, 0.4) is 0 Å². The van der Waals surface area contributed by atoms with Crippen molar-refractivity contribution in [1.29, 1.82) is 0 Å². The smallest absolute Gasteiger partial charge is 0.257 e. The number of nitrogens with zero attached hydrogens (tertiary/aromatic N) is 2. The van der Waals surface area contributed by atoms with Crippen LogP contribution in [0.15, 0.2) is 36.4 Å². The maximum Gasteiger partial charge on any atom is 0.257 e. The van der Waals surface area contributed by atoms with E-state index in [0.717, 1.165) is 16.7 Å².